The van der Waals surface area contributed by atoms with E-state index in [2.05, 4.69) is 20.8 Å². The first kappa shape index (κ1) is 46.9. The molecule has 10 rings (SSSR count). The number of fused-ring (bicyclic) bond motifs is 9. The summed E-state index contributed by atoms with van der Waals surface area (Å²) in [5, 5.41) is 22.1. The number of aromatic carboxylic acids is 1. The summed E-state index contributed by atoms with van der Waals surface area (Å²) in [5.74, 6) is -1.64. The highest BCUT2D eigenvalue weighted by atomic mass is 32.2. The Morgan fingerprint density at radius 2 is 1.20 bits per heavy atom. The zero-order valence-electron chi connectivity index (χ0n) is 34.9. The van der Waals surface area contributed by atoms with E-state index < -0.39 is 82.5 Å². The minimum atomic E-state index is -5.15. The van der Waals surface area contributed by atoms with Crippen LogP contribution in [0.3, 0.4) is 0 Å². The molecule has 25 nitrogen and oxygen atoms in total. The molecule has 0 fully saturated rings. The van der Waals surface area contributed by atoms with Crippen molar-refractivity contribution in [2.45, 2.75) is 24.5 Å². The summed E-state index contributed by atoms with van der Waals surface area (Å²) in [6.07, 6.45) is 2.18. The molecule has 10 aromatic rings. The number of carboxylic acids is 1. The van der Waals surface area contributed by atoms with E-state index in [0.717, 1.165) is 48.6 Å². The number of hydrogen-bond donors (Lipinski definition) is 8. The summed E-state index contributed by atoms with van der Waals surface area (Å²) in [7, 11) is -24.4. The summed E-state index contributed by atoms with van der Waals surface area (Å²) in [5.41, 5.74) is 2.23. The van der Waals surface area contributed by atoms with Gasteiger partial charge in [0.15, 0.2) is 0 Å². The molecule has 3 heterocycles. The number of nitrogens with zero attached hydrogens (tertiary/aromatic N) is 6. The van der Waals surface area contributed by atoms with E-state index in [1.54, 1.807) is 24.3 Å². The Balaban J connectivity index is 0.965. The zero-order chi connectivity index (χ0) is 50.9. The summed E-state index contributed by atoms with van der Waals surface area (Å²) < 4.78 is 176. The van der Waals surface area contributed by atoms with Gasteiger partial charge in [-0.2, -0.15) is 52.0 Å². The lowest BCUT2D eigenvalue weighted by Crippen LogP contribution is -2.20. The molecular weight excluding hydrogens is 1040 g/mol. The van der Waals surface area contributed by atoms with Gasteiger partial charge in [-0.25, -0.2) is 4.79 Å². The smallest absolute Gasteiger partial charge is 0.338 e. The molecule has 3 aromatic heterocycles. The highest BCUT2D eigenvalue weighted by Gasteiger charge is 2.32. The van der Waals surface area contributed by atoms with Crippen LogP contribution in [0.1, 0.15) is 21.5 Å². The van der Waals surface area contributed by atoms with Crippen molar-refractivity contribution in [2.24, 2.45) is 10.2 Å². The second-order valence-corrected chi connectivity index (χ2v) is 22.6. The van der Waals surface area contributed by atoms with Crippen LogP contribution in [0.4, 0.5) is 17.1 Å². The van der Waals surface area contributed by atoms with E-state index in [-0.39, 0.29) is 43.4 Å². The lowest BCUT2D eigenvalue weighted by molar-refractivity contribution is 0.0697. The summed E-state index contributed by atoms with van der Waals surface area (Å²) in [6, 6.07) is 22.7. The third-order valence-corrected chi connectivity index (χ3v) is 15.6. The number of carbonyl (C=O) groups is 1. The first-order chi connectivity index (χ1) is 33.2. The van der Waals surface area contributed by atoms with Crippen molar-refractivity contribution in [1.29, 1.82) is 0 Å². The van der Waals surface area contributed by atoms with Crippen LogP contribution in [-0.2, 0) is 50.6 Å². The van der Waals surface area contributed by atoms with E-state index in [4.69, 9.17) is 0 Å². The molecule has 0 bridgehead atoms. The number of H-pyrrole nitrogens is 1. The maximum absolute atomic E-state index is 12.8. The molecule has 0 saturated heterocycles. The third kappa shape index (κ3) is 8.27. The molecule has 8 N–H and O–H groups in total. The van der Waals surface area contributed by atoms with Gasteiger partial charge >= 0.3 is 5.97 Å². The van der Waals surface area contributed by atoms with E-state index in [9.17, 15) is 74.8 Å². The molecule has 0 aliphatic heterocycles. The molecule has 364 valence electrons. The maximum Gasteiger partial charge on any atom is 0.338 e. The summed E-state index contributed by atoms with van der Waals surface area (Å²) >= 11 is 0. The normalized spacial score (nSPS) is 13.4. The average molecular weight is 1070 g/mol. The van der Waals surface area contributed by atoms with Crippen LogP contribution >= 0.6 is 0 Å². The van der Waals surface area contributed by atoms with Crippen molar-refractivity contribution in [1.82, 2.24) is 23.9 Å². The molecule has 0 aliphatic carbocycles. The molecule has 7 aromatic carbocycles. The van der Waals surface area contributed by atoms with Crippen molar-refractivity contribution in [2.75, 3.05) is 5.43 Å². The van der Waals surface area contributed by atoms with Gasteiger partial charge in [0.1, 0.15) is 47.5 Å². The number of benzene rings is 7. The second-order valence-electron chi connectivity index (χ2n) is 15.6. The minimum Gasteiger partial charge on any atom is -0.478 e. The van der Waals surface area contributed by atoms with Crippen molar-refractivity contribution in [3.8, 4) is 5.69 Å². The molecule has 30 heteroatoms. The predicted octanol–water partition coefficient (Wildman–Crippen LogP) is 6.40. The van der Waals surface area contributed by atoms with Crippen molar-refractivity contribution in [3.05, 3.63) is 126 Å². The third-order valence-electron chi connectivity index (χ3n) is 11.2. The molecule has 71 heavy (non-hydrogen) atoms. The van der Waals surface area contributed by atoms with Gasteiger partial charge in [0.25, 0.3) is 50.6 Å². The second kappa shape index (κ2) is 15.9. The number of azo groups is 1. The first-order valence-corrected chi connectivity index (χ1v) is 26.9. The molecule has 0 saturated carbocycles. The minimum absolute atomic E-state index is 0.0850. The van der Waals surface area contributed by atoms with Crippen LogP contribution in [0.2, 0.25) is 0 Å². The van der Waals surface area contributed by atoms with E-state index in [1.807, 2.05) is 0 Å². The van der Waals surface area contributed by atoms with E-state index >= 15 is 0 Å². The molecular formula is C41H28N8O17S5. The Bertz CT molecular complexity index is 4620. The van der Waals surface area contributed by atoms with Gasteiger partial charge in [0.2, 0.25) is 0 Å². The Kier molecular flexibility index (Phi) is 10.5. The van der Waals surface area contributed by atoms with Crippen LogP contribution in [-0.4, -0.2) is 99.9 Å². The fourth-order valence-electron chi connectivity index (χ4n) is 8.07. The monoisotopic (exact) mass is 1060 g/mol. The molecule has 0 unspecified atom stereocenters. The predicted molar refractivity (Wildman–Crippen MR) is 251 cm³/mol. The number of aromatic nitrogens is 5. The number of rotatable bonds is 13. The quantitative estimate of drug-likeness (QED) is 0.0351. The SMILES string of the molecule is O=C(O)c1cc(-n2n3c4ccc5cc(S(=O)(=O)O)ccc5c4n23)c(S(=O)(=O)O)cc1N=Nc1ccc(C=Cc2ccc(Nn3[nH]c4cc(S(=O)(=O)O)c5ccccc5c43)cc2S(=O)(=O)O)c(S(=O)(=O)O)c1. The zero-order valence-corrected chi connectivity index (χ0v) is 39.0. The van der Waals surface area contributed by atoms with Crippen molar-refractivity contribution in [3.63, 3.8) is 0 Å². The van der Waals surface area contributed by atoms with Crippen LogP contribution in [0.25, 0.3) is 61.5 Å². The van der Waals surface area contributed by atoms with E-state index in [1.165, 1.54) is 61.3 Å². The van der Waals surface area contributed by atoms with Crippen molar-refractivity contribution < 1.29 is 74.8 Å². The molecule has 0 amide bonds. The van der Waals surface area contributed by atoms with Crippen LogP contribution in [0, 0.1) is 0 Å². The van der Waals surface area contributed by atoms with Gasteiger partial charge in [-0.05, 0) is 77.2 Å². The number of nitrogens with one attached hydrogen (secondary N) is 2. The van der Waals surface area contributed by atoms with Gasteiger partial charge in [-0.1, -0.05) is 60.7 Å². The average Bonchev–Trinajstić information content (AvgIpc) is 3.92. The van der Waals surface area contributed by atoms with Gasteiger partial charge in [0, 0.05) is 16.2 Å². The Morgan fingerprint density at radius 3 is 1.83 bits per heavy atom. The Morgan fingerprint density at radius 1 is 0.563 bits per heavy atom. The number of anilines is 1. The summed E-state index contributed by atoms with van der Waals surface area (Å²) in [4.78, 5) is 12.0. The van der Waals surface area contributed by atoms with Gasteiger partial charge in [-0.15, -0.1) is 19.2 Å². The first-order valence-electron chi connectivity index (χ1n) is 19.7. The standard InChI is InChI=1S/C41H28N8O17S5/c50-41(51)30-18-34(48-47-33-14-9-23-15-26(67(52,53)54)12-13-27(23)40(33)49(47)48)38(71(64,65)66)19-31(30)43-42-24-10-7-21(35(16-24)68(55,56)57)5-6-22-8-11-25(17-36(22)69(58,59)60)44-46-39-29-4-2-1-3-28(29)37(70(61,62)63)20-32(39)45-46/h1-20,44-45H,(H,50,51)(H,52,53,54)(H,55,56,57)(H,58,59,60)(H,61,62,63)(H,64,65,66). The van der Waals surface area contributed by atoms with Crippen LogP contribution < -0.4 is 5.43 Å². The van der Waals surface area contributed by atoms with Crippen LogP contribution in [0.5, 0.6) is 0 Å². The summed E-state index contributed by atoms with van der Waals surface area (Å²) in [6.45, 7) is 0. The van der Waals surface area contributed by atoms with Gasteiger partial charge < -0.3 is 5.11 Å². The van der Waals surface area contributed by atoms with Gasteiger partial charge in [-0.3, -0.25) is 33.3 Å². The fourth-order valence-corrected chi connectivity index (χ4v) is 11.4. The van der Waals surface area contributed by atoms with Crippen molar-refractivity contribution >= 4 is 129 Å². The molecule has 0 aliphatic rings. The largest absolute Gasteiger partial charge is 0.478 e. The molecule has 0 spiro atoms. The number of aromatic amines is 1. The Hall–Kier alpha value is -7.78. The van der Waals surface area contributed by atoms with Gasteiger partial charge in [0.05, 0.1) is 27.4 Å². The highest BCUT2D eigenvalue weighted by Crippen LogP contribution is 2.39. The number of hydrogen-bond acceptors (Lipinski definition) is 14. The van der Waals surface area contributed by atoms with Crippen LogP contribution in [0.15, 0.2) is 144 Å². The highest BCUT2D eigenvalue weighted by molar-refractivity contribution is 7.87. The van der Waals surface area contributed by atoms with E-state index in [0.29, 0.717) is 44.3 Å². The lowest BCUT2D eigenvalue weighted by atomic mass is 10.1. The Labute approximate surface area is 397 Å². The number of carboxylic acid groups (broad SMARTS) is 1. The maximum atomic E-state index is 12.8. The molecule has 0 radical (unpaired) electrons. The lowest BCUT2D eigenvalue weighted by Gasteiger charge is -2.21. The fraction of sp³-hybridized carbons (Fsp3) is 0. The molecule has 0 atom stereocenters. The topological polar surface area (TPSA) is 380 Å².